The van der Waals surface area contributed by atoms with Crippen LogP contribution in [0.4, 0.5) is 0 Å². The van der Waals surface area contributed by atoms with E-state index >= 15 is 0 Å². The van der Waals surface area contributed by atoms with Crippen LogP contribution in [0, 0.1) is 17.3 Å². The van der Waals surface area contributed by atoms with Gasteiger partial charge in [0.2, 0.25) is 5.89 Å². The summed E-state index contributed by atoms with van der Waals surface area (Å²) in [5.74, 6) is 2.94. The summed E-state index contributed by atoms with van der Waals surface area (Å²) in [4.78, 5) is 4.57. The van der Waals surface area contributed by atoms with Crippen LogP contribution in [0.15, 0.2) is 4.52 Å². The molecule has 2 rings (SSSR count). The van der Waals surface area contributed by atoms with Crippen molar-refractivity contribution in [2.75, 3.05) is 13.1 Å². The molecule has 1 aromatic heterocycles. The molecule has 2 unspecified atom stereocenters. The Hall–Kier alpha value is -0.900. The highest BCUT2D eigenvalue weighted by Gasteiger charge is 2.20. The van der Waals surface area contributed by atoms with E-state index in [9.17, 15) is 0 Å². The molecule has 2 atom stereocenters. The molecule has 0 amide bonds. The van der Waals surface area contributed by atoms with Gasteiger partial charge >= 0.3 is 0 Å². The van der Waals surface area contributed by atoms with Gasteiger partial charge < -0.3 is 9.84 Å². The first kappa shape index (κ1) is 15.5. The molecule has 1 saturated heterocycles. The summed E-state index contributed by atoms with van der Waals surface area (Å²) >= 11 is 0. The molecule has 1 fully saturated rings. The highest BCUT2D eigenvalue weighted by molar-refractivity contribution is 4.91. The standard InChI is InChI=1S/C16H29N3O/c1-12(10-16(2,3)4)8-15-18-14(19-20-15)9-13-6-5-7-17-11-13/h12-13,17H,5-11H2,1-4H3. The summed E-state index contributed by atoms with van der Waals surface area (Å²) in [6.07, 6.45) is 5.56. The van der Waals surface area contributed by atoms with Crippen molar-refractivity contribution in [1.29, 1.82) is 0 Å². The molecule has 0 radical (unpaired) electrons. The van der Waals surface area contributed by atoms with Gasteiger partial charge in [-0.3, -0.25) is 0 Å². The summed E-state index contributed by atoms with van der Waals surface area (Å²) in [6, 6.07) is 0. The van der Waals surface area contributed by atoms with Gasteiger partial charge in [-0.05, 0) is 49.6 Å². The van der Waals surface area contributed by atoms with Crippen LogP contribution in [0.1, 0.15) is 58.7 Å². The SMILES string of the molecule is CC(Cc1nc(CC2CCCNC2)no1)CC(C)(C)C. The summed E-state index contributed by atoms with van der Waals surface area (Å²) in [5, 5.41) is 7.58. The second-order valence-corrected chi connectivity index (χ2v) is 7.59. The van der Waals surface area contributed by atoms with Crippen LogP contribution < -0.4 is 5.32 Å². The fourth-order valence-electron chi connectivity index (χ4n) is 3.23. The molecular weight excluding hydrogens is 250 g/mol. The molecule has 1 aliphatic heterocycles. The maximum Gasteiger partial charge on any atom is 0.226 e. The fraction of sp³-hybridized carbons (Fsp3) is 0.875. The third kappa shape index (κ3) is 5.23. The highest BCUT2D eigenvalue weighted by atomic mass is 16.5. The summed E-state index contributed by atoms with van der Waals surface area (Å²) in [5.41, 5.74) is 0.357. The molecule has 0 spiro atoms. The van der Waals surface area contributed by atoms with Crippen molar-refractivity contribution >= 4 is 0 Å². The van der Waals surface area contributed by atoms with Crippen LogP contribution in [0.5, 0.6) is 0 Å². The Morgan fingerprint density at radius 3 is 2.85 bits per heavy atom. The maximum atomic E-state index is 5.41. The average molecular weight is 279 g/mol. The Balaban J connectivity index is 1.82. The molecular formula is C16H29N3O. The van der Waals surface area contributed by atoms with Crippen molar-refractivity contribution in [3.8, 4) is 0 Å². The van der Waals surface area contributed by atoms with E-state index in [1.807, 2.05) is 0 Å². The first-order valence-corrected chi connectivity index (χ1v) is 7.94. The second kappa shape index (κ2) is 6.70. The first-order valence-electron chi connectivity index (χ1n) is 7.94. The molecule has 1 N–H and O–H groups in total. The molecule has 0 aliphatic carbocycles. The number of hydrogen-bond acceptors (Lipinski definition) is 4. The number of rotatable bonds is 5. The molecule has 2 heterocycles. The first-order chi connectivity index (χ1) is 9.42. The molecule has 4 nitrogen and oxygen atoms in total. The fourth-order valence-corrected chi connectivity index (χ4v) is 3.23. The number of aromatic nitrogens is 2. The van der Waals surface area contributed by atoms with Crippen LogP contribution >= 0.6 is 0 Å². The van der Waals surface area contributed by atoms with E-state index in [1.54, 1.807) is 0 Å². The molecule has 0 aromatic carbocycles. The van der Waals surface area contributed by atoms with Gasteiger partial charge in [-0.25, -0.2) is 0 Å². The second-order valence-electron chi connectivity index (χ2n) is 7.59. The Kier molecular flexibility index (Phi) is 5.19. The van der Waals surface area contributed by atoms with E-state index in [1.165, 1.54) is 19.3 Å². The molecule has 114 valence electrons. The van der Waals surface area contributed by atoms with Gasteiger partial charge in [0.15, 0.2) is 5.82 Å². The van der Waals surface area contributed by atoms with Crippen molar-refractivity contribution in [3.05, 3.63) is 11.7 Å². The van der Waals surface area contributed by atoms with Crippen LogP contribution in [0.3, 0.4) is 0 Å². The topological polar surface area (TPSA) is 51.0 Å². The maximum absolute atomic E-state index is 5.41. The van der Waals surface area contributed by atoms with Crippen molar-refractivity contribution in [2.24, 2.45) is 17.3 Å². The van der Waals surface area contributed by atoms with Crippen LogP contribution in [0.2, 0.25) is 0 Å². The zero-order valence-electron chi connectivity index (χ0n) is 13.4. The minimum absolute atomic E-state index is 0.357. The minimum atomic E-state index is 0.357. The van der Waals surface area contributed by atoms with E-state index < -0.39 is 0 Å². The summed E-state index contributed by atoms with van der Waals surface area (Å²) in [7, 11) is 0. The van der Waals surface area contributed by atoms with Crippen molar-refractivity contribution in [2.45, 2.75) is 59.8 Å². The Bertz CT molecular complexity index is 402. The third-order valence-electron chi connectivity index (χ3n) is 3.86. The molecule has 20 heavy (non-hydrogen) atoms. The lowest BCUT2D eigenvalue weighted by molar-refractivity contribution is 0.282. The van der Waals surface area contributed by atoms with E-state index in [-0.39, 0.29) is 0 Å². The van der Waals surface area contributed by atoms with Crippen molar-refractivity contribution in [3.63, 3.8) is 0 Å². The normalized spacial score (nSPS) is 21.9. The number of nitrogens with zero attached hydrogens (tertiary/aromatic N) is 2. The zero-order chi connectivity index (χ0) is 14.6. The van der Waals surface area contributed by atoms with Gasteiger partial charge in [-0.15, -0.1) is 0 Å². The lowest BCUT2D eigenvalue weighted by Gasteiger charge is -2.22. The van der Waals surface area contributed by atoms with Gasteiger partial charge in [0.1, 0.15) is 0 Å². The Morgan fingerprint density at radius 1 is 1.40 bits per heavy atom. The van der Waals surface area contributed by atoms with Crippen LogP contribution in [-0.4, -0.2) is 23.2 Å². The summed E-state index contributed by atoms with van der Waals surface area (Å²) < 4.78 is 5.41. The van der Waals surface area contributed by atoms with Gasteiger partial charge in [0.25, 0.3) is 0 Å². The molecule has 0 bridgehead atoms. The lowest BCUT2D eigenvalue weighted by atomic mass is 9.84. The van der Waals surface area contributed by atoms with Crippen molar-refractivity contribution in [1.82, 2.24) is 15.5 Å². The Labute approximate surface area is 122 Å². The van der Waals surface area contributed by atoms with Gasteiger partial charge in [0.05, 0.1) is 0 Å². The molecule has 1 aromatic rings. The molecule has 1 aliphatic rings. The molecule has 0 saturated carbocycles. The van der Waals surface area contributed by atoms with Gasteiger partial charge in [-0.2, -0.15) is 4.98 Å². The lowest BCUT2D eigenvalue weighted by Crippen LogP contribution is -2.31. The Morgan fingerprint density at radius 2 is 2.20 bits per heavy atom. The quantitative estimate of drug-likeness (QED) is 0.899. The van der Waals surface area contributed by atoms with Gasteiger partial charge in [0, 0.05) is 12.8 Å². The zero-order valence-corrected chi connectivity index (χ0v) is 13.4. The van der Waals surface area contributed by atoms with Crippen LogP contribution in [-0.2, 0) is 12.8 Å². The predicted octanol–water partition coefficient (Wildman–Crippen LogP) is 3.23. The largest absolute Gasteiger partial charge is 0.339 e. The number of hydrogen-bond donors (Lipinski definition) is 1. The van der Waals surface area contributed by atoms with E-state index in [0.717, 1.165) is 37.6 Å². The predicted molar refractivity (Wildman–Crippen MR) is 80.5 cm³/mol. The smallest absolute Gasteiger partial charge is 0.226 e. The third-order valence-corrected chi connectivity index (χ3v) is 3.86. The van der Waals surface area contributed by atoms with E-state index in [2.05, 4.69) is 43.2 Å². The monoisotopic (exact) mass is 279 g/mol. The highest BCUT2D eigenvalue weighted by Crippen LogP contribution is 2.26. The summed E-state index contributed by atoms with van der Waals surface area (Å²) in [6.45, 7) is 11.3. The average Bonchev–Trinajstić information content (AvgIpc) is 2.75. The van der Waals surface area contributed by atoms with Gasteiger partial charge in [-0.1, -0.05) is 32.9 Å². The number of nitrogens with one attached hydrogen (secondary N) is 1. The molecule has 4 heteroatoms. The van der Waals surface area contributed by atoms with E-state index in [0.29, 0.717) is 17.3 Å². The van der Waals surface area contributed by atoms with Crippen molar-refractivity contribution < 1.29 is 4.52 Å². The van der Waals surface area contributed by atoms with E-state index in [4.69, 9.17) is 4.52 Å². The van der Waals surface area contributed by atoms with Crippen LogP contribution in [0.25, 0.3) is 0 Å². The number of piperidine rings is 1. The minimum Gasteiger partial charge on any atom is -0.339 e.